The first-order valence-electron chi connectivity index (χ1n) is 7.65. The lowest BCUT2D eigenvalue weighted by atomic mass is 10.2. The molecule has 6 heteroatoms. The topological polar surface area (TPSA) is 68.0 Å². The van der Waals surface area contributed by atoms with Gasteiger partial charge in [0, 0.05) is 18.3 Å². The Bertz CT molecular complexity index is 624. The number of hydrogen-bond donors (Lipinski definition) is 2. The van der Waals surface area contributed by atoms with Gasteiger partial charge in [0.25, 0.3) is 0 Å². The Hall–Kier alpha value is -2.63. The minimum absolute atomic E-state index is 0.469. The van der Waals surface area contributed by atoms with Gasteiger partial charge in [-0.25, -0.2) is 4.99 Å². The van der Waals surface area contributed by atoms with Crippen molar-refractivity contribution in [2.24, 2.45) is 4.99 Å². The molecule has 0 amide bonds. The van der Waals surface area contributed by atoms with Crippen LogP contribution in [-0.2, 0) is 6.54 Å². The Labute approximate surface area is 136 Å². The molecule has 0 spiro atoms. The van der Waals surface area contributed by atoms with Gasteiger partial charge in [0.1, 0.15) is 12.3 Å². The lowest BCUT2D eigenvalue weighted by Crippen LogP contribution is -2.30. The van der Waals surface area contributed by atoms with Crippen LogP contribution in [0.2, 0.25) is 0 Å². The van der Waals surface area contributed by atoms with E-state index in [4.69, 9.17) is 13.9 Å². The summed E-state index contributed by atoms with van der Waals surface area (Å²) < 4.78 is 16.2. The summed E-state index contributed by atoms with van der Waals surface area (Å²) in [5.74, 6) is 2.89. The highest BCUT2D eigenvalue weighted by Gasteiger charge is 2.07. The van der Waals surface area contributed by atoms with Crippen LogP contribution < -0.4 is 20.1 Å². The second-order valence-corrected chi connectivity index (χ2v) is 4.70. The molecular formula is C17H23N3O3. The standard InChI is InChI=1S/C17H23N3O3/c1-4-18-17(19-12-14-7-6-10-23-14)20-13-8-9-15(22-5-2)16(11-13)21-3/h6-11H,4-5,12H2,1-3H3,(H2,18,19,20). The van der Waals surface area contributed by atoms with Crippen molar-refractivity contribution in [3.63, 3.8) is 0 Å². The first kappa shape index (κ1) is 16.7. The molecule has 0 aliphatic rings. The van der Waals surface area contributed by atoms with E-state index in [0.717, 1.165) is 23.7 Å². The Kier molecular flexibility index (Phi) is 6.35. The number of nitrogens with one attached hydrogen (secondary N) is 2. The molecule has 0 atom stereocenters. The smallest absolute Gasteiger partial charge is 0.196 e. The highest BCUT2D eigenvalue weighted by Crippen LogP contribution is 2.30. The van der Waals surface area contributed by atoms with E-state index >= 15 is 0 Å². The van der Waals surface area contributed by atoms with Gasteiger partial charge < -0.3 is 24.5 Å². The van der Waals surface area contributed by atoms with Crippen molar-refractivity contribution in [3.05, 3.63) is 42.4 Å². The van der Waals surface area contributed by atoms with Crippen molar-refractivity contribution in [3.8, 4) is 11.5 Å². The van der Waals surface area contributed by atoms with Gasteiger partial charge in [0.15, 0.2) is 17.5 Å². The largest absolute Gasteiger partial charge is 0.493 e. The molecule has 0 bridgehead atoms. The number of benzene rings is 1. The van der Waals surface area contributed by atoms with E-state index < -0.39 is 0 Å². The molecule has 2 rings (SSSR count). The van der Waals surface area contributed by atoms with E-state index in [2.05, 4.69) is 15.6 Å². The van der Waals surface area contributed by atoms with Gasteiger partial charge in [0.05, 0.1) is 20.0 Å². The second kappa shape index (κ2) is 8.73. The molecule has 0 fully saturated rings. The zero-order chi connectivity index (χ0) is 16.5. The molecule has 2 N–H and O–H groups in total. The number of rotatable bonds is 7. The van der Waals surface area contributed by atoms with Crippen molar-refractivity contribution in [2.75, 3.05) is 25.6 Å². The van der Waals surface area contributed by atoms with Crippen LogP contribution in [0.25, 0.3) is 0 Å². The van der Waals surface area contributed by atoms with Crippen LogP contribution in [0, 0.1) is 0 Å². The normalized spacial score (nSPS) is 11.2. The van der Waals surface area contributed by atoms with Crippen LogP contribution in [0.3, 0.4) is 0 Å². The fourth-order valence-electron chi connectivity index (χ4n) is 2.02. The third-order valence-electron chi connectivity index (χ3n) is 3.04. The molecule has 1 aromatic carbocycles. The fraction of sp³-hybridized carbons (Fsp3) is 0.353. The minimum atomic E-state index is 0.469. The van der Waals surface area contributed by atoms with Crippen molar-refractivity contribution in [1.29, 1.82) is 0 Å². The van der Waals surface area contributed by atoms with Crippen LogP contribution in [0.4, 0.5) is 5.69 Å². The molecule has 1 heterocycles. The predicted octanol–water partition coefficient (Wildman–Crippen LogP) is 3.26. The summed E-state index contributed by atoms with van der Waals surface area (Å²) in [6, 6.07) is 9.42. The summed E-state index contributed by atoms with van der Waals surface area (Å²) in [7, 11) is 1.62. The minimum Gasteiger partial charge on any atom is -0.493 e. The van der Waals surface area contributed by atoms with Gasteiger partial charge >= 0.3 is 0 Å². The van der Waals surface area contributed by atoms with Crippen LogP contribution in [0.5, 0.6) is 11.5 Å². The Morgan fingerprint density at radius 2 is 2.09 bits per heavy atom. The number of nitrogens with zero attached hydrogens (tertiary/aromatic N) is 1. The van der Waals surface area contributed by atoms with Gasteiger partial charge in [-0.05, 0) is 38.1 Å². The maximum atomic E-state index is 5.52. The second-order valence-electron chi connectivity index (χ2n) is 4.70. The molecule has 6 nitrogen and oxygen atoms in total. The summed E-state index contributed by atoms with van der Waals surface area (Å²) in [6.45, 7) is 5.78. The van der Waals surface area contributed by atoms with Crippen molar-refractivity contribution >= 4 is 11.6 Å². The summed E-state index contributed by atoms with van der Waals surface area (Å²) in [6.07, 6.45) is 1.64. The quantitative estimate of drug-likeness (QED) is 0.606. The summed E-state index contributed by atoms with van der Waals surface area (Å²) >= 11 is 0. The predicted molar refractivity (Wildman–Crippen MR) is 91.3 cm³/mol. The van der Waals surface area contributed by atoms with Crippen LogP contribution in [0.15, 0.2) is 46.0 Å². The van der Waals surface area contributed by atoms with Crippen molar-refractivity contribution in [1.82, 2.24) is 5.32 Å². The lowest BCUT2D eigenvalue weighted by Gasteiger charge is -2.14. The lowest BCUT2D eigenvalue weighted by molar-refractivity contribution is 0.311. The van der Waals surface area contributed by atoms with E-state index in [1.807, 2.05) is 44.2 Å². The van der Waals surface area contributed by atoms with E-state index in [-0.39, 0.29) is 0 Å². The van der Waals surface area contributed by atoms with Gasteiger partial charge in [-0.15, -0.1) is 0 Å². The Morgan fingerprint density at radius 3 is 2.74 bits per heavy atom. The van der Waals surface area contributed by atoms with Crippen molar-refractivity contribution in [2.45, 2.75) is 20.4 Å². The average molecular weight is 317 g/mol. The summed E-state index contributed by atoms with van der Waals surface area (Å²) in [4.78, 5) is 4.49. The van der Waals surface area contributed by atoms with Crippen molar-refractivity contribution < 1.29 is 13.9 Å². The monoisotopic (exact) mass is 317 g/mol. The molecule has 0 saturated heterocycles. The van der Waals surface area contributed by atoms with Crippen LogP contribution in [0.1, 0.15) is 19.6 Å². The van der Waals surface area contributed by atoms with Gasteiger partial charge in [-0.3, -0.25) is 0 Å². The molecule has 0 saturated carbocycles. The molecule has 2 aromatic rings. The third-order valence-corrected chi connectivity index (χ3v) is 3.04. The number of hydrogen-bond acceptors (Lipinski definition) is 4. The maximum absolute atomic E-state index is 5.52. The molecule has 1 aromatic heterocycles. The molecule has 124 valence electrons. The molecular weight excluding hydrogens is 294 g/mol. The fourth-order valence-corrected chi connectivity index (χ4v) is 2.02. The zero-order valence-corrected chi connectivity index (χ0v) is 13.8. The van der Waals surface area contributed by atoms with E-state index in [1.165, 1.54) is 0 Å². The zero-order valence-electron chi connectivity index (χ0n) is 13.8. The van der Waals surface area contributed by atoms with E-state index in [1.54, 1.807) is 13.4 Å². The summed E-state index contributed by atoms with van der Waals surface area (Å²) in [5, 5.41) is 6.44. The molecule has 0 aliphatic heterocycles. The van der Waals surface area contributed by atoms with Gasteiger partial charge in [-0.1, -0.05) is 0 Å². The molecule has 0 unspecified atom stereocenters. The highest BCUT2D eigenvalue weighted by atomic mass is 16.5. The van der Waals surface area contributed by atoms with Crippen LogP contribution in [-0.4, -0.2) is 26.2 Å². The van der Waals surface area contributed by atoms with E-state index in [9.17, 15) is 0 Å². The van der Waals surface area contributed by atoms with Gasteiger partial charge in [0.2, 0.25) is 0 Å². The first-order chi connectivity index (χ1) is 11.3. The maximum Gasteiger partial charge on any atom is 0.196 e. The Balaban J connectivity index is 2.11. The average Bonchev–Trinajstić information content (AvgIpc) is 3.08. The molecule has 0 aliphatic carbocycles. The number of ether oxygens (including phenoxy) is 2. The SMILES string of the molecule is CCNC(=NCc1ccco1)Nc1ccc(OCC)c(OC)c1. The van der Waals surface area contributed by atoms with E-state index in [0.29, 0.717) is 24.9 Å². The van der Waals surface area contributed by atoms with Crippen LogP contribution >= 0.6 is 0 Å². The number of guanidine groups is 1. The first-order valence-corrected chi connectivity index (χ1v) is 7.65. The number of anilines is 1. The number of methoxy groups -OCH3 is 1. The number of aliphatic imine (C=N–C) groups is 1. The third kappa shape index (κ3) is 4.95. The highest BCUT2D eigenvalue weighted by molar-refractivity contribution is 5.93. The Morgan fingerprint density at radius 1 is 1.22 bits per heavy atom. The number of furan rings is 1. The molecule has 23 heavy (non-hydrogen) atoms. The van der Waals surface area contributed by atoms with Gasteiger partial charge in [-0.2, -0.15) is 0 Å². The molecule has 0 radical (unpaired) electrons. The summed E-state index contributed by atoms with van der Waals surface area (Å²) in [5.41, 5.74) is 0.865.